The van der Waals surface area contributed by atoms with Crippen molar-refractivity contribution in [1.29, 1.82) is 0 Å². The van der Waals surface area contributed by atoms with Crippen molar-refractivity contribution in [3.8, 4) is 0 Å². The lowest BCUT2D eigenvalue weighted by atomic mass is 10.2. The highest BCUT2D eigenvalue weighted by atomic mass is 35.5. The molecule has 0 saturated carbocycles. The summed E-state index contributed by atoms with van der Waals surface area (Å²) in [6.45, 7) is 4.82. The van der Waals surface area contributed by atoms with Crippen LogP contribution in [0.3, 0.4) is 0 Å². The summed E-state index contributed by atoms with van der Waals surface area (Å²) in [6.07, 6.45) is 1.79. The highest BCUT2D eigenvalue weighted by molar-refractivity contribution is 5.85. The fourth-order valence-corrected chi connectivity index (χ4v) is 1.03. The number of likely N-dealkylation sites (N-methyl/N-ethyl adjacent to an activating group) is 1. The van der Waals surface area contributed by atoms with Crippen LogP contribution in [0.4, 0.5) is 0 Å². The molecule has 72 valence electrons. The van der Waals surface area contributed by atoms with Gasteiger partial charge in [-0.25, -0.2) is 0 Å². The van der Waals surface area contributed by atoms with Crippen molar-refractivity contribution in [1.82, 2.24) is 9.88 Å². The Hall–Kier alpha value is -0.860. The lowest BCUT2D eigenvalue weighted by molar-refractivity contribution is 0.463. The van der Waals surface area contributed by atoms with Gasteiger partial charge >= 0.3 is 0 Å². The molecule has 0 fully saturated rings. The molecule has 0 unspecified atom stereocenters. The molecule has 1 rings (SSSR count). The molecule has 0 saturated heterocycles. The van der Waals surface area contributed by atoms with Crippen LogP contribution < -0.4 is 0 Å². The lowest BCUT2D eigenvalue weighted by Crippen LogP contribution is -2.14. The van der Waals surface area contributed by atoms with E-state index in [1.807, 2.05) is 32.3 Å². The van der Waals surface area contributed by atoms with Crippen LogP contribution in [0.15, 0.2) is 31.0 Å². The zero-order chi connectivity index (χ0) is 8.97. The van der Waals surface area contributed by atoms with Crippen molar-refractivity contribution in [2.24, 2.45) is 0 Å². The average Bonchev–Trinajstić information content (AvgIpc) is 2.05. The highest BCUT2D eigenvalue weighted by Crippen LogP contribution is 2.08. The highest BCUT2D eigenvalue weighted by Gasteiger charge is 1.99. The number of halogens is 1. The van der Waals surface area contributed by atoms with Crippen molar-refractivity contribution in [2.45, 2.75) is 0 Å². The Morgan fingerprint density at radius 1 is 1.46 bits per heavy atom. The predicted molar refractivity (Wildman–Crippen MR) is 59.1 cm³/mol. The molecule has 0 bridgehead atoms. The van der Waals surface area contributed by atoms with Gasteiger partial charge in [0, 0.05) is 12.7 Å². The quantitative estimate of drug-likeness (QED) is 0.740. The van der Waals surface area contributed by atoms with Gasteiger partial charge in [0.1, 0.15) is 0 Å². The molecule has 0 aliphatic carbocycles. The number of nitrogens with zero attached hydrogens (tertiary/aromatic N) is 2. The van der Waals surface area contributed by atoms with E-state index in [4.69, 9.17) is 0 Å². The number of aromatic nitrogens is 1. The van der Waals surface area contributed by atoms with E-state index < -0.39 is 0 Å². The van der Waals surface area contributed by atoms with Crippen LogP contribution in [0, 0.1) is 0 Å². The Morgan fingerprint density at radius 3 is 2.62 bits per heavy atom. The fourth-order valence-electron chi connectivity index (χ4n) is 1.03. The van der Waals surface area contributed by atoms with Crippen molar-refractivity contribution >= 4 is 18.0 Å². The van der Waals surface area contributed by atoms with Gasteiger partial charge in [-0.2, -0.15) is 0 Å². The molecule has 3 heteroatoms. The minimum absolute atomic E-state index is 0. The zero-order valence-electron chi connectivity index (χ0n) is 8.03. The van der Waals surface area contributed by atoms with Crippen LogP contribution in [-0.4, -0.2) is 30.5 Å². The Kier molecular flexibility index (Phi) is 5.35. The minimum Gasteiger partial charge on any atom is -0.305 e. The molecule has 0 amide bonds. The van der Waals surface area contributed by atoms with Crippen LogP contribution in [0.2, 0.25) is 0 Å². The van der Waals surface area contributed by atoms with E-state index in [9.17, 15) is 0 Å². The summed E-state index contributed by atoms with van der Waals surface area (Å²) >= 11 is 0. The summed E-state index contributed by atoms with van der Waals surface area (Å²) in [5, 5.41) is 0. The second kappa shape index (κ2) is 5.73. The van der Waals surface area contributed by atoms with Crippen LogP contribution in [-0.2, 0) is 0 Å². The van der Waals surface area contributed by atoms with Gasteiger partial charge in [-0.05, 0) is 31.8 Å². The SMILES string of the molecule is C=C(CN(C)C)c1ccccn1.Cl. The molecule has 0 aliphatic heterocycles. The average molecular weight is 199 g/mol. The summed E-state index contributed by atoms with van der Waals surface area (Å²) in [7, 11) is 4.04. The Labute approximate surface area is 85.7 Å². The van der Waals surface area contributed by atoms with Gasteiger partial charge in [-0.15, -0.1) is 12.4 Å². The Morgan fingerprint density at radius 2 is 2.15 bits per heavy atom. The first-order chi connectivity index (χ1) is 5.70. The van der Waals surface area contributed by atoms with Crippen LogP contribution in [0.1, 0.15) is 5.69 Å². The van der Waals surface area contributed by atoms with E-state index in [2.05, 4.69) is 16.5 Å². The van der Waals surface area contributed by atoms with E-state index in [1.54, 1.807) is 6.20 Å². The number of hydrogen-bond donors (Lipinski definition) is 0. The molecular weight excluding hydrogens is 184 g/mol. The third-order valence-electron chi connectivity index (χ3n) is 1.53. The third kappa shape index (κ3) is 4.06. The van der Waals surface area contributed by atoms with Crippen LogP contribution in [0.25, 0.3) is 5.57 Å². The van der Waals surface area contributed by atoms with Gasteiger partial charge < -0.3 is 4.90 Å². The van der Waals surface area contributed by atoms with Gasteiger partial charge in [0.25, 0.3) is 0 Å². The molecular formula is C10H15ClN2. The fraction of sp³-hybridized carbons (Fsp3) is 0.300. The molecule has 13 heavy (non-hydrogen) atoms. The van der Waals surface area contributed by atoms with Crippen LogP contribution in [0.5, 0.6) is 0 Å². The van der Waals surface area contributed by atoms with E-state index in [0.29, 0.717) is 0 Å². The first-order valence-electron chi connectivity index (χ1n) is 3.94. The third-order valence-corrected chi connectivity index (χ3v) is 1.53. The summed E-state index contributed by atoms with van der Waals surface area (Å²) in [5.41, 5.74) is 2.03. The smallest absolute Gasteiger partial charge is 0.0668 e. The second-order valence-electron chi connectivity index (χ2n) is 3.06. The molecule has 0 N–H and O–H groups in total. The van der Waals surface area contributed by atoms with Crippen molar-refractivity contribution in [3.63, 3.8) is 0 Å². The van der Waals surface area contributed by atoms with E-state index in [-0.39, 0.29) is 12.4 Å². The lowest BCUT2D eigenvalue weighted by Gasteiger charge is -2.10. The second-order valence-corrected chi connectivity index (χ2v) is 3.06. The van der Waals surface area contributed by atoms with Gasteiger partial charge in [-0.1, -0.05) is 12.6 Å². The normalized spacial score (nSPS) is 9.46. The van der Waals surface area contributed by atoms with Gasteiger partial charge in [-0.3, -0.25) is 4.98 Å². The maximum absolute atomic E-state index is 4.21. The maximum atomic E-state index is 4.21. The molecule has 1 aromatic heterocycles. The number of hydrogen-bond acceptors (Lipinski definition) is 2. The number of pyridine rings is 1. The summed E-state index contributed by atoms with van der Waals surface area (Å²) in [4.78, 5) is 6.29. The topological polar surface area (TPSA) is 16.1 Å². The zero-order valence-corrected chi connectivity index (χ0v) is 8.84. The van der Waals surface area contributed by atoms with Crippen LogP contribution >= 0.6 is 12.4 Å². The van der Waals surface area contributed by atoms with Gasteiger partial charge in [0.15, 0.2) is 0 Å². The summed E-state index contributed by atoms with van der Waals surface area (Å²) in [5.74, 6) is 0. The molecule has 0 atom stereocenters. The van der Waals surface area contributed by atoms with Crippen molar-refractivity contribution < 1.29 is 0 Å². The van der Waals surface area contributed by atoms with E-state index in [0.717, 1.165) is 17.8 Å². The predicted octanol–water partition coefficient (Wildman–Crippen LogP) is 2.08. The molecule has 0 radical (unpaired) electrons. The first-order valence-corrected chi connectivity index (χ1v) is 3.94. The number of rotatable bonds is 3. The molecule has 1 aromatic rings. The molecule has 1 heterocycles. The molecule has 0 aromatic carbocycles. The standard InChI is InChI=1S/C10H14N2.ClH/c1-9(8-12(2)3)10-6-4-5-7-11-10;/h4-7H,1,8H2,2-3H3;1H. The molecule has 0 aliphatic rings. The van der Waals surface area contributed by atoms with Crippen molar-refractivity contribution in [2.75, 3.05) is 20.6 Å². The monoisotopic (exact) mass is 198 g/mol. The summed E-state index contributed by atoms with van der Waals surface area (Å²) < 4.78 is 0. The Balaban J connectivity index is 0.00000144. The van der Waals surface area contributed by atoms with E-state index in [1.165, 1.54) is 0 Å². The largest absolute Gasteiger partial charge is 0.305 e. The minimum atomic E-state index is 0. The first kappa shape index (κ1) is 12.1. The Bertz CT molecular complexity index is 257. The molecule has 0 spiro atoms. The van der Waals surface area contributed by atoms with Gasteiger partial charge in [0.2, 0.25) is 0 Å². The van der Waals surface area contributed by atoms with E-state index >= 15 is 0 Å². The van der Waals surface area contributed by atoms with Gasteiger partial charge in [0.05, 0.1) is 5.69 Å². The molecule has 2 nitrogen and oxygen atoms in total. The van der Waals surface area contributed by atoms with Crippen molar-refractivity contribution in [3.05, 3.63) is 36.7 Å². The maximum Gasteiger partial charge on any atom is 0.0668 e. The summed E-state index contributed by atoms with van der Waals surface area (Å²) in [6, 6.07) is 5.86.